The first-order valence-electron chi connectivity index (χ1n) is 6.42. The Labute approximate surface area is 115 Å². The van der Waals surface area contributed by atoms with Crippen LogP contribution in [0.1, 0.15) is 19.3 Å². The van der Waals surface area contributed by atoms with Crippen LogP contribution in [-0.2, 0) is 9.59 Å². The van der Waals surface area contributed by atoms with Gasteiger partial charge in [-0.05, 0) is 24.0 Å². The lowest BCUT2D eigenvalue weighted by Gasteiger charge is -2.21. The van der Waals surface area contributed by atoms with E-state index in [-0.39, 0.29) is 6.29 Å². The first-order valence-corrected chi connectivity index (χ1v) is 6.42. The molecule has 0 spiro atoms. The number of rotatable bonds is 5. The summed E-state index contributed by atoms with van der Waals surface area (Å²) in [7, 11) is 0. The fourth-order valence-electron chi connectivity index (χ4n) is 2.58. The average molecular weight is 280 g/mol. The first kappa shape index (κ1) is 14.5. The van der Waals surface area contributed by atoms with E-state index in [4.69, 9.17) is 0 Å². The van der Waals surface area contributed by atoms with Crippen LogP contribution in [0.2, 0.25) is 0 Å². The van der Waals surface area contributed by atoms with Gasteiger partial charge in [0.1, 0.15) is 6.10 Å². The molecular weight excluding hydrogens is 264 g/mol. The van der Waals surface area contributed by atoms with Gasteiger partial charge in [0.15, 0.2) is 6.29 Å². The van der Waals surface area contributed by atoms with E-state index in [9.17, 15) is 24.7 Å². The lowest BCUT2D eigenvalue weighted by molar-refractivity contribution is -0.129. The van der Waals surface area contributed by atoms with E-state index in [0.717, 1.165) is 24.0 Å². The maximum atomic E-state index is 11.9. The highest BCUT2D eigenvalue weighted by Crippen LogP contribution is 2.34. The quantitative estimate of drug-likeness (QED) is 0.467. The smallest absolute Gasteiger partial charge is 0.252 e. The normalized spacial score (nSPS) is 27.7. The molecular formula is C13H16N2O5. The van der Waals surface area contributed by atoms with Gasteiger partial charge in [0.2, 0.25) is 6.04 Å². The van der Waals surface area contributed by atoms with E-state index in [0.29, 0.717) is 6.42 Å². The summed E-state index contributed by atoms with van der Waals surface area (Å²) in [6.07, 6.45) is 3.64. The van der Waals surface area contributed by atoms with Crippen LogP contribution in [-0.4, -0.2) is 46.7 Å². The molecule has 0 aromatic heterocycles. The molecule has 0 aliphatic heterocycles. The van der Waals surface area contributed by atoms with Crippen molar-refractivity contribution in [2.45, 2.75) is 43.6 Å². The number of carbonyl (C=O) groups is 2. The highest BCUT2D eigenvalue weighted by atomic mass is 16.3. The first-order chi connectivity index (χ1) is 9.58. The maximum Gasteiger partial charge on any atom is 0.252 e. The van der Waals surface area contributed by atoms with Crippen molar-refractivity contribution in [3.63, 3.8) is 0 Å². The number of nitrogens with zero attached hydrogens (tertiary/aromatic N) is 1. The van der Waals surface area contributed by atoms with Crippen LogP contribution in [0.3, 0.4) is 0 Å². The number of aliphatic hydroxyl groups is 2. The van der Waals surface area contributed by atoms with Crippen LogP contribution in [0.25, 0.3) is 0 Å². The van der Waals surface area contributed by atoms with Crippen LogP contribution >= 0.6 is 0 Å². The average Bonchev–Trinajstić information content (AvgIpc) is 2.76. The number of aliphatic hydroxyl groups excluding tert-OH is 2. The Hall–Kier alpha value is -1.86. The third kappa shape index (κ3) is 2.68. The minimum atomic E-state index is -1.78. The lowest BCUT2D eigenvalue weighted by Crippen LogP contribution is -2.48. The molecule has 2 aliphatic carbocycles. The molecule has 0 radical (unpaired) electrons. The number of carbonyl (C=O) groups excluding carboxylic acids is 2. The van der Waals surface area contributed by atoms with Crippen molar-refractivity contribution >= 4 is 12.2 Å². The predicted octanol–water partition coefficient (Wildman–Crippen LogP) is -0.423. The van der Waals surface area contributed by atoms with E-state index in [1.165, 1.54) is 0 Å². The van der Waals surface area contributed by atoms with E-state index >= 15 is 0 Å². The van der Waals surface area contributed by atoms with Gasteiger partial charge in [-0.25, -0.2) is 0 Å². The number of nitrogens with one attached hydrogen (secondary N) is 1. The van der Waals surface area contributed by atoms with Crippen molar-refractivity contribution in [2.75, 3.05) is 0 Å². The Balaban J connectivity index is 2.11. The molecule has 1 saturated carbocycles. The Morgan fingerprint density at radius 2 is 2.15 bits per heavy atom. The van der Waals surface area contributed by atoms with Crippen molar-refractivity contribution in [2.24, 2.45) is 5.18 Å². The minimum absolute atomic E-state index is 0.0852. The van der Waals surface area contributed by atoms with E-state index < -0.39 is 30.2 Å². The molecule has 20 heavy (non-hydrogen) atoms. The molecule has 1 amide bonds. The monoisotopic (exact) mass is 280 g/mol. The zero-order valence-corrected chi connectivity index (χ0v) is 10.7. The summed E-state index contributed by atoms with van der Waals surface area (Å²) in [4.78, 5) is 32.9. The number of nitroso groups, excluding NO2 is 1. The zero-order chi connectivity index (χ0) is 14.7. The highest BCUT2D eigenvalue weighted by Gasteiger charge is 2.38. The van der Waals surface area contributed by atoms with Crippen molar-refractivity contribution in [1.82, 2.24) is 5.32 Å². The Morgan fingerprint density at radius 3 is 2.80 bits per heavy atom. The number of aldehydes is 1. The molecule has 0 saturated heterocycles. The Bertz CT molecular complexity index is 485. The third-order valence-corrected chi connectivity index (χ3v) is 3.58. The molecule has 3 N–H and O–H groups in total. The molecule has 7 nitrogen and oxygen atoms in total. The van der Waals surface area contributed by atoms with Gasteiger partial charge in [0.05, 0.1) is 12.1 Å². The van der Waals surface area contributed by atoms with Gasteiger partial charge in [0, 0.05) is 6.42 Å². The zero-order valence-electron chi connectivity index (χ0n) is 10.7. The van der Waals surface area contributed by atoms with Crippen LogP contribution in [0, 0.1) is 4.91 Å². The fourth-order valence-corrected chi connectivity index (χ4v) is 2.58. The van der Waals surface area contributed by atoms with Gasteiger partial charge >= 0.3 is 0 Å². The van der Waals surface area contributed by atoms with Crippen LogP contribution < -0.4 is 5.32 Å². The molecule has 108 valence electrons. The number of hydrogen-bond acceptors (Lipinski definition) is 6. The molecule has 1 fully saturated rings. The lowest BCUT2D eigenvalue weighted by atomic mass is 9.98. The van der Waals surface area contributed by atoms with Crippen LogP contribution in [0.4, 0.5) is 0 Å². The summed E-state index contributed by atoms with van der Waals surface area (Å²) in [5.74, 6) is -0.864. The largest absolute Gasteiger partial charge is 0.390 e. The van der Waals surface area contributed by atoms with Crippen LogP contribution in [0.5, 0.6) is 0 Å². The summed E-state index contributed by atoms with van der Waals surface area (Å²) < 4.78 is 0. The van der Waals surface area contributed by atoms with Gasteiger partial charge < -0.3 is 20.3 Å². The second kappa shape index (κ2) is 6.06. The SMILES string of the molecule is O=C[C@H](O)[C@@H](N=O)C(=O)N[C@@H]1C2=CCCC=C2C[C@@H]1O. The molecule has 0 aromatic carbocycles. The van der Waals surface area contributed by atoms with E-state index in [1.54, 1.807) is 0 Å². The molecule has 0 unspecified atom stereocenters. The molecule has 2 aliphatic rings. The standard InChI is InChI=1S/C13H16N2O5/c16-6-10(18)12(15-20)13(19)14-11-8-4-2-1-3-7(8)5-9(11)17/h3-4,6,9-12,17-18H,1-2,5H2,(H,14,19)/t9-,10-,11+,12+/m0/s1. The summed E-state index contributed by atoms with van der Waals surface area (Å²) in [6, 6.07) is -2.32. The van der Waals surface area contributed by atoms with Crippen molar-refractivity contribution in [3.05, 3.63) is 28.2 Å². The Kier molecular flexibility index (Phi) is 4.41. The second-order valence-electron chi connectivity index (χ2n) is 4.90. The molecule has 0 aromatic rings. The topological polar surface area (TPSA) is 116 Å². The van der Waals surface area contributed by atoms with E-state index in [2.05, 4.69) is 10.5 Å². The number of hydrogen-bond donors (Lipinski definition) is 3. The summed E-state index contributed by atoms with van der Waals surface area (Å²) in [5.41, 5.74) is 1.82. The molecule has 2 rings (SSSR count). The predicted molar refractivity (Wildman–Crippen MR) is 69.6 cm³/mol. The number of allylic oxidation sites excluding steroid dienone is 2. The molecule has 4 atom stereocenters. The summed E-state index contributed by atoms with van der Waals surface area (Å²) >= 11 is 0. The summed E-state index contributed by atoms with van der Waals surface area (Å²) in [5, 5.41) is 24.2. The maximum absolute atomic E-state index is 11.9. The summed E-state index contributed by atoms with van der Waals surface area (Å²) in [6.45, 7) is 0. The van der Waals surface area contributed by atoms with Gasteiger partial charge in [-0.1, -0.05) is 17.3 Å². The van der Waals surface area contributed by atoms with Crippen molar-refractivity contribution < 1.29 is 19.8 Å². The van der Waals surface area contributed by atoms with Crippen molar-refractivity contribution in [1.29, 1.82) is 0 Å². The van der Waals surface area contributed by atoms with Gasteiger partial charge in [0.25, 0.3) is 5.91 Å². The van der Waals surface area contributed by atoms with Gasteiger partial charge in [-0.3, -0.25) is 4.79 Å². The molecule has 0 heterocycles. The second-order valence-corrected chi connectivity index (χ2v) is 4.90. The fraction of sp³-hybridized carbons (Fsp3) is 0.538. The van der Waals surface area contributed by atoms with Crippen molar-refractivity contribution in [3.8, 4) is 0 Å². The Morgan fingerprint density at radius 1 is 1.45 bits per heavy atom. The number of fused-ring (bicyclic) bond motifs is 1. The third-order valence-electron chi connectivity index (χ3n) is 3.58. The van der Waals surface area contributed by atoms with Crippen LogP contribution in [0.15, 0.2) is 28.5 Å². The minimum Gasteiger partial charge on any atom is -0.390 e. The van der Waals surface area contributed by atoms with Gasteiger partial charge in [-0.2, -0.15) is 0 Å². The number of amides is 1. The molecule has 0 bridgehead atoms. The molecule has 7 heteroatoms. The highest BCUT2D eigenvalue weighted by molar-refractivity contribution is 5.86. The van der Waals surface area contributed by atoms with E-state index in [1.807, 2.05) is 12.2 Å². The van der Waals surface area contributed by atoms with Gasteiger partial charge in [-0.15, -0.1) is 4.91 Å².